The molecule has 0 radical (unpaired) electrons. The van der Waals surface area contributed by atoms with Gasteiger partial charge in [0.25, 0.3) is 0 Å². The molecule has 0 heterocycles. The van der Waals surface area contributed by atoms with E-state index in [1.807, 2.05) is 0 Å². The summed E-state index contributed by atoms with van der Waals surface area (Å²) in [6.07, 6.45) is -0.643. The monoisotopic (exact) mass is 232 g/mol. The highest BCUT2D eigenvalue weighted by molar-refractivity contribution is 6.42. The zero-order valence-corrected chi connectivity index (χ0v) is 8.65. The molecule has 2 unspecified atom stereocenters. The zero-order valence-electron chi connectivity index (χ0n) is 7.14. The van der Waals surface area contributed by atoms with Gasteiger partial charge < -0.3 is 0 Å². The van der Waals surface area contributed by atoms with Gasteiger partial charge >= 0.3 is 0 Å². The van der Waals surface area contributed by atoms with Crippen molar-refractivity contribution in [3.63, 3.8) is 0 Å². The first-order valence-corrected chi connectivity index (χ1v) is 4.98. The number of alkyl halides is 1. The number of carbonyl (C=O) groups is 1. The summed E-state index contributed by atoms with van der Waals surface area (Å²) in [7, 11) is 0. The molecular weight excluding hydrogens is 226 g/mol. The molecule has 1 nitrogen and oxygen atoms in total. The van der Waals surface area contributed by atoms with E-state index >= 15 is 0 Å². The van der Waals surface area contributed by atoms with E-state index in [1.165, 1.54) is 6.07 Å². The molecule has 0 aliphatic heterocycles. The van der Waals surface area contributed by atoms with Crippen molar-refractivity contribution in [3.05, 3.63) is 33.8 Å². The van der Waals surface area contributed by atoms with Gasteiger partial charge in [0.05, 0.1) is 16.0 Å². The van der Waals surface area contributed by atoms with Crippen LogP contribution in [-0.4, -0.2) is 12.0 Å². The molecule has 1 aromatic carbocycles. The molecule has 0 bridgehead atoms. The fraction of sp³-hybridized carbons (Fsp3) is 0.300. The Morgan fingerprint density at radius 2 is 2.00 bits per heavy atom. The summed E-state index contributed by atoms with van der Waals surface area (Å²) in [5, 5.41) is 0.726. The van der Waals surface area contributed by atoms with Crippen molar-refractivity contribution in [3.8, 4) is 0 Å². The van der Waals surface area contributed by atoms with E-state index in [0.717, 1.165) is 0 Å². The van der Waals surface area contributed by atoms with Crippen LogP contribution in [0.5, 0.6) is 0 Å². The van der Waals surface area contributed by atoms with Crippen LogP contribution in [0.4, 0.5) is 4.39 Å². The lowest BCUT2D eigenvalue weighted by atomic mass is 10.1. The Kier molecular flexibility index (Phi) is 2.50. The summed E-state index contributed by atoms with van der Waals surface area (Å²) in [5.74, 6) is -0.650. The molecule has 0 saturated heterocycles. The molecule has 74 valence electrons. The Morgan fingerprint density at radius 3 is 2.50 bits per heavy atom. The van der Waals surface area contributed by atoms with Crippen LogP contribution >= 0.6 is 23.2 Å². The predicted octanol–water partition coefficient (Wildman–Crippen LogP) is 3.53. The van der Waals surface area contributed by atoms with Crippen LogP contribution < -0.4 is 0 Å². The highest BCUT2D eigenvalue weighted by Gasteiger charge is 2.43. The second-order valence-corrected chi connectivity index (χ2v) is 4.17. The van der Waals surface area contributed by atoms with Crippen LogP contribution in [0.2, 0.25) is 10.0 Å². The van der Waals surface area contributed by atoms with Gasteiger partial charge in [0.15, 0.2) is 5.78 Å². The summed E-state index contributed by atoms with van der Waals surface area (Å²) < 4.78 is 12.6. The van der Waals surface area contributed by atoms with Gasteiger partial charge in [0.2, 0.25) is 0 Å². The van der Waals surface area contributed by atoms with Gasteiger partial charge in [-0.1, -0.05) is 23.2 Å². The first-order valence-electron chi connectivity index (χ1n) is 4.23. The first-order chi connectivity index (χ1) is 6.59. The van der Waals surface area contributed by atoms with Gasteiger partial charge in [-0.25, -0.2) is 4.39 Å². The van der Waals surface area contributed by atoms with Crippen molar-refractivity contribution in [2.75, 3.05) is 0 Å². The second-order valence-electron chi connectivity index (χ2n) is 3.35. The van der Waals surface area contributed by atoms with E-state index < -0.39 is 12.1 Å². The Labute approximate surface area is 90.8 Å². The van der Waals surface area contributed by atoms with Crippen LogP contribution in [0.15, 0.2) is 18.2 Å². The molecule has 1 aromatic rings. The fourth-order valence-electron chi connectivity index (χ4n) is 1.30. The van der Waals surface area contributed by atoms with Gasteiger partial charge in [0.1, 0.15) is 6.17 Å². The molecule has 1 saturated carbocycles. The van der Waals surface area contributed by atoms with Gasteiger partial charge in [-0.15, -0.1) is 0 Å². The number of hydrogen-bond acceptors (Lipinski definition) is 1. The van der Waals surface area contributed by atoms with E-state index in [0.29, 0.717) is 22.0 Å². The van der Waals surface area contributed by atoms with Crippen molar-refractivity contribution >= 4 is 29.0 Å². The molecule has 2 rings (SSSR count). The average Bonchev–Trinajstić information content (AvgIpc) is 2.86. The molecule has 0 N–H and O–H groups in total. The topological polar surface area (TPSA) is 17.1 Å². The average molecular weight is 233 g/mol. The number of benzene rings is 1. The van der Waals surface area contributed by atoms with Crippen LogP contribution in [0.3, 0.4) is 0 Å². The summed E-state index contributed by atoms with van der Waals surface area (Å²) >= 11 is 11.4. The molecule has 1 fully saturated rings. The number of carbonyl (C=O) groups excluding carboxylic acids is 1. The maximum Gasteiger partial charge on any atom is 0.169 e. The Balaban J connectivity index is 2.24. The van der Waals surface area contributed by atoms with Crippen LogP contribution in [0.25, 0.3) is 0 Å². The highest BCUT2D eigenvalue weighted by atomic mass is 35.5. The maximum absolute atomic E-state index is 12.6. The van der Waals surface area contributed by atoms with E-state index in [-0.39, 0.29) is 5.78 Å². The highest BCUT2D eigenvalue weighted by Crippen LogP contribution is 2.37. The minimum Gasteiger partial charge on any atom is -0.294 e. The SMILES string of the molecule is O=C(c1ccc(Cl)c(Cl)c1)C1CC1F. The van der Waals surface area contributed by atoms with Crippen molar-refractivity contribution in [1.29, 1.82) is 0 Å². The largest absolute Gasteiger partial charge is 0.294 e. The molecule has 1 aliphatic carbocycles. The Hall–Kier alpha value is -0.600. The van der Waals surface area contributed by atoms with E-state index in [1.54, 1.807) is 12.1 Å². The third-order valence-electron chi connectivity index (χ3n) is 2.25. The van der Waals surface area contributed by atoms with Crippen molar-refractivity contribution in [2.45, 2.75) is 12.6 Å². The van der Waals surface area contributed by atoms with Crippen molar-refractivity contribution in [1.82, 2.24) is 0 Å². The quantitative estimate of drug-likeness (QED) is 0.714. The molecule has 1 aliphatic rings. The van der Waals surface area contributed by atoms with E-state index in [9.17, 15) is 9.18 Å². The van der Waals surface area contributed by atoms with E-state index in [2.05, 4.69) is 0 Å². The third kappa shape index (κ3) is 1.77. The number of rotatable bonds is 2. The lowest BCUT2D eigenvalue weighted by molar-refractivity contribution is 0.0957. The minimum absolute atomic E-state index is 0.184. The first kappa shape index (κ1) is 9.94. The molecule has 0 spiro atoms. The molecule has 0 aromatic heterocycles. The van der Waals surface area contributed by atoms with Crippen molar-refractivity contribution < 1.29 is 9.18 Å². The number of halogens is 3. The van der Waals surface area contributed by atoms with E-state index in [4.69, 9.17) is 23.2 Å². The van der Waals surface area contributed by atoms with Crippen LogP contribution in [0.1, 0.15) is 16.8 Å². The molecular formula is C10H7Cl2FO. The summed E-state index contributed by atoms with van der Waals surface area (Å²) in [6.45, 7) is 0. The Bertz CT molecular complexity index is 392. The van der Waals surface area contributed by atoms with Crippen LogP contribution in [0, 0.1) is 5.92 Å². The van der Waals surface area contributed by atoms with Gasteiger partial charge in [0, 0.05) is 5.56 Å². The zero-order chi connectivity index (χ0) is 10.3. The van der Waals surface area contributed by atoms with Gasteiger partial charge in [-0.05, 0) is 24.6 Å². The number of hydrogen-bond donors (Lipinski definition) is 0. The number of ketones is 1. The maximum atomic E-state index is 12.6. The molecule has 4 heteroatoms. The lowest BCUT2D eigenvalue weighted by Gasteiger charge is -2.00. The second kappa shape index (κ2) is 3.52. The Morgan fingerprint density at radius 1 is 1.36 bits per heavy atom. The third-order valence-corrected chi connectivity index (χ3v) is 2.99. The standard InChI is InChI=1S/C10H7Cl2FO/c11-7-2-1-5(3-8(7)12)10(14)6-4-9(6)13/h1-3,6,9H,4H2. The van der Waals surface area contributed by atoms with Crippen molar-refractivity contribution in [2.24, 2.45) is 5.92 Å². The predicted molar refractivity (Wildman–Crippen MR) is 53.8 cm³/mol. The fourth-order valence-corrected chi connectivity index (χ4v) is 1.60. The summed E-state index contributed by atoms with van der Waals surface area (Å²) in [6, 6.07) is 4.60. The number of Topliss-reactive ketones (excluding diaryl/α,β-unsaturated/α-hetero) is 1. The smallest absolute Gasteiger partial charge is 0.169 e. The van der Waals surface area contributed by atoms with Gasteiger partial charge in [-0.3, -0.25) is 4.79 Å². The minimum atomic E-state index is -0.975. The summed E-state index contributed by atoms with van der Waals surface area (Å²) in [4.78, 5) is 11.5. The summed E-state index contributed by atoms with van der Waals surface area (Å²) in [5.41, 5.74) is 0.435. The molecule has 14 heavy (non-hydrogen) atoms. The molecule has 0 amide bonds. The normalized spacial score (nSPS) is 24.8. The van der Waals surface area contributed by atoms with Crippen LogP contribution in [-0.2, 0) is 0 Å². The van der Waals surface area contributed by atoms with Gasteiger partial charge in [-0.2, -0.15) is 0 Å². The molecule has 2 atom stereocenters. The lowest BCUT2D eigenvalue weighted by Crippen LogP contribution is -2.03.